The predicted molar refractivity (Wildman–Crippen MR) is 74.5 cm³/mol. The van der Waals surface area contributed by atoms with Crippen LogP contribution in [0, 0.1) is 15.3 Å². The number of rotatable bonds is 4. The highest BCUT2D eigenvalue weighted by atomic mass is 16.6. The van der Waals surface area contributed by atoms with Crippen molar-refractivity contribution >= 4 is 17.6 Å². The average Bonchev–Trinajstić information content (AvgIpc) is 2.48. The van der Waals surface area contributed by atoms with Gasteiger partial charge in [0.05, 0.1) is 12.0 Å². The lowest BCUT2D eigenvalue weighted by Crippen LogP contribution is -1.99. The maximum absolute atomic E-state index is 11.9. The van der Waals surface area contributed by atoms with Crippen molar-refractivity contribution < 1.29 is 14.4 Å². The van der Waals surface area contributed by atoms with E-state index in [9.17, 15) is 15.3 Å². The van der Waals surface area contributed by atoms with Crippen LogP contribution in [0.15, 0.2) is 48.5 Å². The summed E-state index contributed by atoms with van der Waals surface area (Å²) in [4.78, 5) is 10.0. The third-order valence-corrected chi connectivity index (χ3v) is 2.70. The maximum Gasteiger partial charge on any atom is 0.269 e. The smallest absolute Gasteiger partial charge is 0.269 e. The number of ether oxygens (including phenoxy) is 1. The second-order valence-corrected chi connectivity index (χ2v) is 4.00. The van der Waals surface area contributed by atoms with E-state index in [2.05, 4.69) is 0 Å². The van der Waals surface area contributed by atoms with Gasteiger partial charge in [-0.15, -0.1) is 0 Å². The number of benzene rings is 2. The molecule has 0 heterocycles. The van der Waals surface area contributed by atoms with Crippen LogP contribution < -0.4 is 4.74 Å². The zero-order valence-electron chi connectivity index (χ0n) is 10.7. The van der Waals surface area contributed by atoms with E-state index in [4.69, 9.17) is 4.74 Å². The van der Waals surface area contributed by atoms with Gasteiger partial charge in [0, 0.05) is 29.8 Å². The summed E-state index contributed by atoms with van der Waals surface area (Å²) in [5, 5.41) is 22.4. The van der Waals surface area contributed by atoms with Gasteiger partial charge in [0.2, 0.25) is 5.69 Å². The highest BCUT2D eigenvalue weighted by molar-refractivity contribution is 5.76. The topological polar surface area (TPSA) is 78.4 Å². The first-order valence-electron chi connectivity index (χ1n) is 5.80. The Morgan fingerprint density at radius 2 is 1.50 bits per heavy atom. The van der Waals surface area contributed by atoms with Crippen LogP contribution in [0.4, 0.5) is 11.4 Å². The first-order valence-corrected chi connectivity index (χ1v) is 5.80. The summed E-state index contributed by atoms with van der Waals surface area (Å²) in [5.41, 5.74) is 0.983. The van der Waals surface area contributed by atoms with E-state index in [0.717, 1.165) is 0 Å². The molecule has 20 heavy (non-hydrogen) atoms. The van der Waals surface area contributed by atoms with Crippen molar-refractivity contribution in [2.75, 3.05) is 7.11 Å². The number of non-ortho nitro benzene ring substituents is 1. The molecule has 0 atom stereocenters. The van der Waals surface area contributed by atoms with Crippen molar-refractivity contribution in [1.29, 1.82) is 0 Å². The lowest BCUT2D eigenvalue weighted by Gasteiger charge is -2.03. The zero-order chi connectivity index (χ0) is 14.5. The molecule has 0 N–H and O–H groups in total. The fourth-order valence-corrected chi connectivity index (χ4v) is 1.62. The molecule has 6 heteroatoms. The Kier molecular flexibility index (Phi) is 3.95. The average molecular weight is 272 g/mol. The number of nitrogens with zero attached hydrogens (tertiary/aromatic N) is 2. The Morgan fingerprint density at radius 3 is 2.00 bits per heavy atom. The van der Waals surface area contributed by atoms with Crippen LogP contribution in [0.25, 0.3) is 0 Å². The standard InChI is InChI=1S/C14H12N2O4/c1-20-14-8-2-11(3-9-14)10-15(17)12-4-6-13(7-5-12)16(18)19/h2-10H,1H3. The monoisotopic (exact) mass is 272 g/mol. The van der Waals surface area contributed by atoms with Crippen LogP contribution in [0.3, 0.4) is 0 Å². The van der Waals surface area contributed by atoms with Gasteiger partial charge in [-0.05, 0) is 24.3 Å². The van der Waals surface area contributed by atoms with Crippen molar-refractivity contribution in [3.8, 4) is 5.75 Å². The number of hydrogen-bond donors (Lipinski definition) is 0. The van der Waals surface area contributed by atoms with Gasteiger partial charge in [-0.3, -0.25) is 10.1 Å². The molecule has 0 radical (unpaired) electrons. The summed E-state index contributed by atoms with van der Waals surface area (Å²) in [7, 11) is 1.56. The summed E-state index contributed by atoms with van der Waals surface area (Å²) < 4.78 is 5.68. The molecule has 2 aromatic rings. The molecule has 0 saturated carbocycles. The molecule has 0 aromatic heterocycles. The summed E-state index contributed by atoms with van der Waals surface area (Å²) in [5.74, 6) is 0.704. The Bertz CT molecular complexity index is 633. The van der Waals surface area contributed by atoms with E-state index in [1.54, 1.807) is 31.4 Å². The molecule has 0 fully saturated rings. The minimum absolute atomic E-state index is 0.0494. The molecule has 0 unspecified atom stereocenters. The van der Waals surface area contributed by atoms with Gasteiger partial charge >= 0.3 is 0 Å². The largest absolute Gasteiger partial charge is 0.618 e. The number of methoxy groups -OCH3 is 1. The Labute approximate surface area is 115 Å². The molecule has 102 valence electrons. The predicted octanol–water partition coefficient (Wildman–Crippen LogP) is 2.86. The summed E-state index contributed by atoms with van der Waals surface area (Å²) in [6.45, 7) is 0. The van der Waals surface area contributed by atoms with Gasteiger partial charge < -0.3 is 9.94 Å². The minimum atomic E-state index is -0.508. The molecule has 0 amide bonds. The SMILES string of the molecule is COc1ccc(C=[N+]([O-])c2ccc([N+](=O)[O-])cc2)cc1. The lowest BCUT2D eigenvalue weighted by atomic mass is 10.2. The number of nitro benzene ring substituents is 1. The molecule has 0 bridgehead atoms. The van der Waals surface area contributed by atoms with Crippen molar-refractivity contribution in [2.24, 2.45) is 0 Å². The van der Waals surface area contributed by atoms with Crippen molar-refractivity contribution in [3.63, 3.8) is 0 Å². The van der Waals surface area contributed by atoms with E-state index in [1.807, 2.05) is 0 Å². The van der Waals surface area contributed by atoms with E-state index in [-0.39, 0.29) is 5.69 Å². The fraction of sp³-hybridized carbons (Fsp3) is 0.0714. The van der Waals surface area contributed by atoms with Gasteiger partial charge in [-0.1, -0.05) is 0 Å². The van der Waals surface area contributed by atoms with E-state index < -0.39 is 4.92 Å². The van der Waals surface area contributed by atoms with Crippen LogP contribution in [-0.4, -0.2) is 23.0 Å². The first kappa shape index (κ1) is 13.5. The minimum Gasteiger partial charge on any atom is -0.618 e. The van der Waals surface area contributed by atoms with E-state index in [1.165, 1.54) is 30.5 Å². The number of nitro groups is 1. The Morgan fingerprint density at radius 1 is 0.950 bits per heavy atom. The van der Waals surface area contributed by atoms with Crippen molar-refractivity contribution in [1.82, 2.24) is 0 Å². The van der Waals surface area contributed by atoms with Crippen LogP contribution >= 0.6 is 0 Å². The van der Waals surface area contributed by atoms with Crippen LogP contribution in [0.1, 0.15) is 5.56 Å². The molecule has 6 nitrogen and oxygen atoms in total. The summed E-state index contributed by atoms with van der Waals surface area (Å²) in [6, 6.07) is 12.4. The highest BCUT2D eigenvalue weighted by Crippen LogP contribution is 2.17. The highest BCUT2D eigenvalue weighted by Gasteiger charge is 2.08. The molecular weight excluding hydrogens is 260 g/mol. The van der Waals surface area contributed by atoms with Crippen LogP contribution in [0.2, 0.25) is 0 Å². The molecule has 0 saturated heterocycles. The van der Waals surface area contributed by atoms with Crippen molar-refractivity contribution in [3.05, 3.63) is 69.4 Å². The van der Waals surface area contributed by atoms with Gasteiger partial charge in [0.25, 0.3) is 5.69 Å². The molecule has 0 spiro atoms. The number of hydrogen-bond acceptors (Lipinski definition) is 4. The van der Waals surface area contributed by atoms with Crippen LogP contribution in [-0.2, 0) is 0 Å². The second-order valence-electron chi connectivity index (χ2n) is 4.00. The lowest BCUT2D eigenvalue weighted by molar-refractivity contribution is -0.385. The first-order chi connectivity index (χ1) is 9.60. The normalized spacial score (nSPS) is 11.2. The molecular formula is C14H12N2O4. The second kappa shape index (κ2) is 5.83. The van der Waals surface area contributed by atoms with E-state index in [0.29, 0.717) is 21.7 Å². The van der Waals surface area contributed by atoms with E-state index >= 15 is 0 Å². The Hall–Kier alpha value is -2.89. The van der Waals surface area contributed by atoms with Crippen LogP contribution in [0.5, 0.6) is 5.75 Å². The third-order valence-electron chi connectivity index (χ3n) is 2.70. The third kappa shape index (κ3) is 3.11. The summed E-state index contributed by atoms with van der Waals surface area (Å²) >= 11 is 0. The molecule has 0 aliphatic rings. The fourth-order valence-electron chi connectivity index (χ4n) is 1.62. The molecule has 2 rings (SSSR count). The summed E-state index contributed by atoms with van der Waals surface area (Å²) in [6.07, 6.45) is 1.39. The maximum atomic E-state index is 11.9. The molecule has 2 aromatic carbocycles. The van der Waals surface area contributed by atoms with Gasteiger partial charge in [-0.25, -0.2) is 0 Å². The van der Waals surface area contributed by atoms with Gasteiger partial charge in [-0.2, -0.15) is 4.74 Å². The molecule has 0 aliphatic carbocycles. The van der Waals surface area contributed by atoms with Gasteiger partial charge in [0.1, 0.15) is 5.75 Å². The van der Waals surface area contributed by atoms with Gasteiger partial charge in [0.15, 0.2) is 6.21 Å². The Balaban J connectivity index is 2.22. The van der Waals surface area contributed by atoms with Crippen molar-refractivity contribution in [2.45, 2.75) is 0 Å². The molecule has 0 aliphatic heterocycles. The zero-order valence-corrected chi connectivity index (χ0v) is 10.7. The quantitative estimate of drug-likeness (QED) is 0.282.